The van der Waals surface area contributed by atoms with Crippen LogP contribution < -0.4 is 14.8 Å². The fourth-order valence-electron chi connectivity index (χ4n) is 3.16. The fourth-order valence-corrected chi connectivity index (χ4v) is 3.43. The van der Waals surface area contributed by atoms with Gasteiger partial charge in [0.25, 0.3) is 5.91 Å². The van der Waals surface area contributed by atoms with Gasteiger partial charge in [-0.15, -0.1) is 0 Å². The summed E-state index contributed by atoms with van der Waals surface area (Å²) in [6.07, 6.45) is 0. The number of methoxy groups -OCH3 is 2. The van der Waals surface area contributed by atoms with E-state index >= 15 is 0 Å². The molecule has 0 aliphatic carbocycles. The zero-order valence-electron chi connectivity index (χ0n) is 16.2. The summed E-state index contributed by atoms with van der Waals surface area (Å²) in [6.45, 7) is 4.05. The average Bonchev–Trinajstić information content (AvgIpc) is 3.00. The van der Waals surface area contributed by atoms with E-state index in [1.54, 1.807) is 18.9 Å². The third-order valence-corrected chi connectivity index (χ3v) is 5.04. The monoisotopic (exact) mass is 443 g/mol. The topological polar surface area (TPSA) is 65.4 Å². The fraction of sp³-hybridized carbons (Fsp3) is 0.238. The van der Waals surface area contributed by atoms with Crippen molar-refractivity contribution in [1.29, 1.82) is 0 Å². The van der Waals surface area contributed by atoms with Crippen LogP contribution in [0.15, 0.2) is 46.9 Å². The van der Waals surface area contributed by atoms with Gasteiger partial charge in [-0.05, 0) is 44.2 Å². The van der Waals surface area contributed by atoms with Gasteiger partial charge in [-0.3, -0.25) is 4.79 Å². The molecule has 0 atom stereocenters. The lowest BCUT2D eigenvalue weighted by atomic mass is 10.1. The molecule has 1 heterocycles. The molecule has 3 aromatic rings. The van der Waals surface area contributed by atoms with Gasteiger partial charge in [-0.2, -0.15) is 5.10 Å². The van der Waals surface area contributed by atoms with Crippen LogP contribution in [0, 0.1) is 13.8 Å². The standard InChI is InChI=1S/C21H22BrN3O3/c1-13-19(14(2)25(24-13)17-10-8-16(22)9-11-17)21(26)23-12-15-6-5-7-18(27-3)20(15)28-4/h5-11H,12H2,1-4H3,(H,23,26). The van der Waals surface area contributed by atoms with Crippen LogP contribution in [0.4, 0.5) is 0 Å². The molecule has 0 spiro atoms. The molecule has 0 bridgehead atoms. The molecule has 0 saturated heterocycles. The second-order valence-electron chi connectivity index (χ2n) is 6.27. The molecule has 1 N–H and O–H groups in total. The summed E-state index contributed by atoms with van der Waals surface area (Å²) in [6, 6.07) is 13.4. The number of nitrogens with zero attached hydrogens (tertiary/aromatic N) is 2. The highest BCUT2D eigenvalue weighted by molar-refractivity contribution is 9.10. The maximum atomic E-state index is 12.9. The van der Waals surface area contributed by atoms with E-state index in [9.17, 15) is 4.79 Å². The first-order chi connectivity index (χ1) is 13.5. The van der Waals surface area contributed by atoms with Crippen molar-refractivity contribution < 1.29 is 14.3 Å². The van der Waals surface area contributed by atoms with E-state index in [1.807, 2.05) is 56.3 Å². The highest BCUT2D eigenvalue weighted by Gasteiger charge is 2.20. The minimum absolute atomic E-state index is 0.178. The number of benzene rings is 2. The van der Waals surface area contributed by atoms with E-state index in [2.05, 4.69) is 26.3 Å². The van der Waals surface area contributed by atoms with Crippen molar-refractivity contribution in [3.63, 3.8) is 0 Å². The Kier molecular flexibility index (Phi) is 6.04. The average molecular weight is 444 g/mol. The molecule has 146 valence electrons. The maximum Gasteiger partial charge on any atom is 0.255 e. The first-order valence-electron chi connectivity index (χ1n) is 8.76. The predicted molar refractivity (Wildman–Crippen MR) is 111 cm³/mol. The van der Waals surface area contributed by atoms with Gasteiger partial charge in [-0.25, -0.2) is 4.68 Å². The quantitative estimate of drug-likeness (QED) is 0.619. The summed E-state index contributed by atoms with van der Waals surface area (Å²) >= 11 is 3.43. The van der Waals surface area contributed by atoms with Crippen molar-refractivity contribution in [3.05, 3.63) is 69.5 Å². The molecule has 0 aliphatic heterocycles. The predicted octanol–water partition coefficient (Wildman–Crippen LogP) is 4.20. The SMILES string of the molecule is COc1cccc(CNC(=O)c2c(C)nn(-c3ccc(Br)cc3)c2C)c1OC. The van der Waals surface area contributed by atoms with Gasteiger partial charge in [0.2, 0.25) is 0 Å². The normalized spacial score (nSPS) is 10.6. The Balaban J connectivity index is 1.83. The summed E-state index contributed by atoms with van der Waals surface area (Å²) in [5.74, 6) is 1.07. The van der Waals surface area contributed by atoms with Crippen LogP contribution in [0.5, 0.6) is 11.5 Å². The van der Waals surface area contributed by atoms with Gasteiger partial charge >= 0.3 is 0 Å². The van der Waals surface area contributed by atoms with E-state index in [0.717, 1.165) is 21.4 Å². The Labute approximate surface area is 172 Å². The van der Waals surface area contributed by atoms with Gasteiger partial charge in [0, 0.05) is 16.6 Å². The highest BCUT2D eigenvalue weighted by atomic mass is 79.9. The van der Waals surface area contributed by atoms with Crippen LogP contribution in [-0.4, -0.2) is 29.9 Å². The molecule has 7 heteroatoms. The number of ether oxygens (including phenoxy) is 2. The molecule has 1 amide bonds. The van der Waals surface area contributed by atoms with E-state index < -0.39 is 0 Å². The second kappa shape index (κ2) is 8.48. The smallest absolute Gasteiger partial charge is 0.255 e. The lowest BCUT2D eigenvalue weighted by Gasteiger charge is -2.13. The molecule has 0 radical (unpaired) electrons. The minimum atomic E-state index is -0.178. The Morgan fingerprint density at radius 1 is 1.11 bits per heavy atom. The largest absolute Gasteiger partial charge is 0.493 e. The number of rotatable bonds is 6. The maximum absolute atomic E-state index is 12.9. The minimum Gasteiger partial charge on any atom is -0.493 e. The number of carbonyl (C=O) groups excluding carboxylic acids is 1. The Morgan fingerprint density at radius 2 is 1.82 bits per heavy atom. The van der Waals surface area contributed by atoms with Crippen molar-refractivity contribution in [1.82, 2.24) is 15.1 Å². The van der Waals surface area contributed by atoms with Crippen LogP contribution in [0.25, 0.3) is 5.69 Å². The molecule has 1 aromatic heterocycles. The van der Waals surface area contributed by atoms with Gasteiger partial charge in [0.15, 0.2) is 11.5 Å². The van der Waals surface area contributed by atoms with Gasteiger partial charge in [0.05, 0.1) is 36.9 Å². The molecule has 2 aromatic carbocycles. The lowest BCUT2D eigenvalue weighted by molar-refractivity contribution is 0.0949. The van der Waals surface area contributed by atoms with Crippen LogP contribution in [0.1, 0.15) is 27.3 Å². The summed E-state index contributed by atoms with van der Waals surface area (Å²) < 4.78 is 13.5. The van der Waals surface area contributed by atoms with Crippen LogP contribution >= 0.6 is 15.9 Å². The van der Waals surface area contributed by atoms with E-state index in [0.29, 0.717) is 29.3 Å². The van der Waals surface area contributed by atoms with Gasteiger partial charge in [-0.1, -0.05) is 28.1 Å². The molecule has 6 nitrogen and oxygen atoms in total. The van der Waals surface area contributed by atoms with Crippen molar-refractivity contribution in [2.45, 2.75) is 20.4 Å². The summed E-state index contributed by atoms with van der Waals surface area (Å²) in [7, 11) is 3.17. The Bertz CT molecular complexity index is 997. The number of hydrogen-bond acceptors (Lipinski definition) is 4. The first kappa shape index (κ1) is 19.9. The molecule has 0 saturated carbocycles. The lowest BCUT2D eigenvalue weighted by Crippen LogP contribution is -2.24. The zero-order valence-corrected chi connectivity index (χ0v) is 17.8. The first-order valence-corrected chi connectivity index (χ1v) is 9.55. The number of nitrogens with one attached hydrogen (secondary N) is 1. The van der Waals surface area contributed by atoms with Crippen LogP contribution in [0.3, 0.4) is 0 Å². The summed E-state index contributed by atoms with van der Waals surface area (Å²) in [4.78, 5) is 12.9. The molecule has 3 rings (SSSR count). The molecule has 0 unspecified atom stereocenters. The molecular formula is C21H22BrN3O3. The third kappa shape index (κ3) is 3.89. The van der Waals surface area contributed by atoms with E-state index in [-0.39, 0.29) is 5.91 Å². The van der Waals surface area contributed by atoms with Crippen molar-refractivity contribution in [2.24, 2.45) is 0 Å². The third-order valence-electron chi connectivity index (χ3n) is 4.51. The number of aryl methyl sites for hydroxylation is 1. The summed E-state index contributed by atoms with van der Waals surface area (Å²) in [5.41, 5.74) is 3.78. The molecular weight excluding hydrogens is 422 g/mol. The number of amides is 1. The van der Waals surface area contributed by atoms with Gasteiger partial charge < -0.3 is 14.8 Å². The number of carbonyl (C=O) groups is 1. The van der Waals surface area contributed by atoms with E-state index in [4.69, 9.17) is 9.47 Å². The Hall–Kier alpha value is -2.80. The zero-order chi connectivity index (χ0) is 20.3. The number of para-hydroxylation sites is 1. The highest BCUT2D eigenvalue weighted by Crippen LogP contribution is 2.30. The van der Waals surface area contributed by atoms with Gasteiger partial charge in [0.1, 0.15) is 0 Å². The van der Waals surface area contributed by atoms with Crippen molar-refractivity contribution in [3.8, 4) is 17.2 Å². The van der Waals surface area contributed by atoms with E-state index in [1.165, 1.54) is 0 Å². The Morgan fingerprint density at radius 3 is 2.46 bits per heavy atom. The van der Waals surface area contributed by atoms with Crippen LogP contribution in [0.2, 0.25) is 0 Å². The van der Waals surface area contributed by atoms with Crippen molar-refractivity contribution in [2.75, 3.05) is 14.2 Å². The summed E-state index contributed by atoms with van der Waals surface area (Å²) in [5, 5.41) is 7.50. The number of halogens is 1. The molecule has 28 heavy (non-hydrogen) atoms. The van der Waals surface area contributed by atoms with Crippen molar-refractivity contribution >= 4 is 21.8 Å². The molecule has 0 aliphatic rings. The molecule has 0 fully saturated rings. The van der Waals surface area contributed by atoms with Crippen LogP contribution in [-0.2, 0) is 6.54 Å². The number of hydrogen-bond donors (Lipinski definition) is 1. The second-order valence-corrected chi connectivity index (χ2v) is 7.19. The number of aromatic nitrogens is 2.